The van der Waals surface area contributed by atoms with E-state index in [0.717, 1.165) is 24.7 Å². The van der Waals surface area contributed by atoms with Gasteiger partial charge >= 0.3 is 5.97 Å². The summed E-state index contributed by atoms with van der Waals surface area (Å²) in [6, 6.07) is 14.4. The topological polar surface area (TPSA) is 72.8 Å². The highest BCUT2D eigenvalue weighted by molar-refractivity contribution is 5.87. The second kappa shape index (κ2) is 22.7. The lowest BCUT2D eigenvalue weighted by atomic mass is 9.67. The van der Waals surface area contributed by atoms with Crippen LogP contribution in [-0.2, 0) is 31.9 Å². The number of carbonyl (C=O) groups is 2. The third-order valence-electron chi connectivity index (χ3n) is 11.6. The van der Waals surface area contributed by atoms with E-state index in [1.165, 1.54) is 116 Å². The van der Waals surface area contributed by atoms with Crippen LogP contribution in [0.2, 0.25) is 0 Å². The summed E-state index contributed by atoms with van der Waals surface area (Å²) >= 11 is 0. The van der Waals surface area contributed by atoms with Crippen molar-refractivity contribution in [3.63, 3.8) is 0 Å². The maximum absolute atomic E-state index is 11.9. The van der Waals surface area contributed by atoms with Gasteiger partial charge in [0.15, 0.2) is 0 Å². The van der Waals surface area contributed by atoms with Gasteiger partial charge in [0.2, 0.25) is 0 Å². The molecular weight excluding hydrogens is 633 g/mol. The summed E-state index contributed by atoms with van der Waals surface area (Å²) in [5.74, 6) is 2.22. The quantitative estimate of drug-likeness (QED) is 0.0585. The predicted molar refractivity (Wildman–Crippen MR) is 212 cm³/mol. The van der Waals surface area contributed by atoms with Crippen molar-refractivity contribution in [3.05, 3.63) is 82.5 Å². The molecule has 0 heterocycles. The van der Waals surface area contributed by atoms with Crippen LogP contribution in [0, 0.1) is 30.6 Å². The van der Waals surface area contributed by atoms with Gasteiger partial charge in [-0.05, 0) is 149 Å². The standard InChI is InChI=1S/C41H58O5.C5H10/c1-5-7-8-9-34-14-19-39(22-29(34)3)40-21-20-38(24-33(40)6-2)37-17-15-36(16-18-37)35-12-10-31(11-13-35)23-32(26-45-28-43)27-46-41(44)30(4)25-42;1-4-5(2)3/h14,19-22,24,28,31-32,35-37,42H,4-13,15-18,23,25-27H2,1-3H3;4H,1-3H3. The summed E-state index contributed by atoms with van der Waals surface area (Å²) < 4.78 is 10.4. The van der Waals surface area contributed by atoms with E-state index >= 15 is 0 Å². The number of carbonyl (C=O) groups excluding carboxylic acids is 2. The van der Waals surface area contributed by atoms with Crippen LogP contribution in [0.3, 0.4) is 0 Å². The van der Waals surface area contributed by atoms with Gasteiger partial charge in [-0.2, -0.15) is 0 Å². The predicted octanol–water partition coefficient (Wildman–Crippen LogP) is 11.3. The van der Waals surface area contributed by atoms with Gasteiger partial charge in [-0.25, -0.2) is 4.79 Å². The van der Waals surface area contributed by atoms with E-state index in [1.54, 1.807) is 0 Å². The second-order valence-corrected chi connectivity index (χ2v) is 15.5. The van der Waals surface area contributed by atoms with Gasteiger partial charge in [-0.15, -0.1) is 0 Å². The summed E-state index contributed by atoms with van der Waals surface area (Å²) in [6.07, 6.45) is 19.1. The highest BCUT2D eigenvalue weighted by Gasteiger charge is 2.32. The Morgan fingerprint density at radius 1 is 0.922 bits per heavy atom. The van der Waals surface area contributed by atoms with Gasteiger partial charge in [0.25, 0.3) is 6.47 Å². The fraction of sp³-hybridized carbons (Fsp3) is 0.609. The molecular formula is C46H68O5. The molecule has 0 amide bonds. The number of aliphatic hydroxyl groups excluding tert-OH is 1. The van der Waals surface area contributed by atoms with Crippen LogP contribution in [0.25, 0.3) is 11.1 Å². The molecule has 2 aromatic carbocycles. The van der Waals surface area contributed by atoms with E-state index in [1.807, 2.05) is 6.92 Å². The minimum absolute atomic E-state index is 0.0315. The Morgan fingerprint density at radius 2 is 1.59 bits per heavy atom. The van der Waals surface area contributed by atoms with E-state index in [0.29, 0.717) is 18.3 Å². The maximum Gasteiger partial charge on any atom is 0.335 e. The first kappa shape index (κ1) is 42.2. The molecule has 1 atom stereocenters. The number of ether oxygens (including phenoxy) is 2. The molecule has 0 spiro atoms. The number of hydrogen-bond donors (Lipinski definition) is 1. The number of aryl methyl sites for hydroxylation is 3. The molecule has 2 aliphatic carbocycles. The minimum Gasteiger partial charge on any atom is -0.467 e. The Hall–Kier alpha value is -3.18. The number of allylic oxidation sites excluding steroid dienone is 2. The molecule has 2 fully saturated rings. The number of hydrogen-bond acceptors (Lipinski definition) is 5. The molecule has 0 bridgehead atoms. The minimum atomic E-state index is -0.586. The summed E-state index contributed by atoms with van der Waals surface area (Å²) in [5.41, 5.74) is 10.1. The first-order valence-electron chi connectivity index (χ1n) is 20.0. The van der Waals surface area contributed by atoms with Gasteiger partial charge in [-0.3, -0.25) is 4.79 Å². The van der Waals surface area contributed by atoms with Crippen LogP contribution in [0.1, 0.15) is 140 Å². The fourth-order valence-electron chi connectivity index (χ4n) is 8.16. The molecule has 282 valence electrons. The number of unbranched alkanes of at least 4 members (excludes halogenated alkanes) is 2. The van der Waals surface area contributed by atoms with E-state index in [-0.39, 0.29) is 24.7 Å². The van der Waals surface area contributed by atoms with Crippen LogP contribution in [0.15, 0.2) is 60.2 Å². The molecule has 5 nitrogen and oxygen atoms in total. The lowest BCUT2D eigenvalue weighted by molar-refractivity contribution is -0.142. The van der Waals surface area contributed by atoms with Crippen LogP contribution in [0.4, 0.5) is 0 Å². The first-order chi connectivity index (χ1) is 24.6. The van der Waals surface area contributed by atoms with Crippen molar-refractivity contribution < 1.29 is 24.2 Å². The highest BCUT2D eigenvalue weighted by atomic mass is 16.5. The molecule has 0 radical (unpaired) electrons. The largest absolute Gasteiger partial charge is 0.467 e. The smallest absolute Gasteiger partial charge is 0.335 e. The monoisotopic (exact) mass is 701 g/mol. The molecule has 51 heavy (non-hydrogen) atoms. The summed E-state index contributed by atoms with van der Waals surface area (Å²) in [4.78, 5) is 22.8. The molecule has 2 saturated carbocycles. The van der Waals surface area contributed by atoms with Gasteiger partial charge in [0.1, 0.15) is 0 Å². The Kier molecular flexibility index (Phi) is 18.8. The van der Waals surface area contributed by atoms with E-state index < -0.39 is 12.6 Å². The molecule has 5 heteroatoms. The number of esters is 1. The third-order valence-corrected chi connectivity index (χ3v) is 11.6. The molecule has 0 saturated heterocycles. The third kappa shape index (κ3) is 13.7. The Labute approximate surface area is 310 Å². The van der Waals surface area contributed by atoms with Gasteiger partial charge in [-0.1, -0.05) is 94.2 Å². The van der Waals surface area contributed by atoms with Gasteiger partial charge in [0, 0.05) is 5.92 Å². The lowest BCUT2D eigenvalue weighted by Crippen LogP contribution is -2.28. The maximum atomic E-state index is 11.9. The molecule has 0 aromatic heterocycles. The molecule has 1 N–H and O–H groups in total. The normalized spacial score (nSPS) is 20.7. The lowest BCUT2D eigenvalue weighted by Gasteiger charge is -2.38. The highest BCUT2D eigenvalue weighted by Crippen LogP contribution is 2.45. The second-order valence-electron chi connectivity index (χ2n) is 15.5. The van der Waals surface area contributed by atoms with Gasteiger partial charge < -0.3 is 14.6 Å². The fourth-order valence-corrected chi connectivity index (χ4v) is 8.16. The SMILES string of the molecule is C=C(CO)C(=O)OCC(COC=O)CC1CCC(C2CCC(c3ccc(-c4ccc(CCCCC)c(C)c4)c(CC)c3)CC2)CC1.CC=C(C)C. The molecule has 2 aliphatic rings. The zero-order valence-electron chi connectivity index (χ0n) is 32.8. The number of benzene rings is 2. The molecule has 2 aromatic rings. The van der Waals surface area contributed by atoms with Crippen LogP contribution in [0.5, 0.6) is 0 Å². The Bertz CT molecular complexity index is 1390. The van der Waals surface area contributed by atoms with Crippen LogP contribution >= 0.6 is 0 Å². The molecule has 1 unspecified atom stereocenters. The number of rotatable bonds is 17. The van der Waals surface area contributed by atoms with E-state index in [4.69, 9.17) is 14.6 Å². The number of aliphatic hydroxyl groups is 1. The van der Waals surface area contributed by atoms with Gasteiger partial charge in [0.05, 0.1) is 25.4 Å². The van der Waals surface area contributed by atoms with Crippen molar-refractivity contribution in [2.45, 2.75) is 137 Å². The first-order valence-corrected chi connectivity index (χ1v) is 20.0. The van der Waals surface area contributed by atoms with E-state index in [2.05, 4.69) is 83.7 Å². The summed E-state index contributed by atoms with van der Waals surface area (Å²) in [7, 11) is 0. The Morgan fingerprint density at radius 3 is 2.16 bits per heavy atom. The van der Waals surface area contributed by atoms with Crippen LogP contribution < -0.4 is 0 Å². The zero-order valence-corrected chi connectivity index (χ0v) is 32.8. The average molecular weight is 701 g/mol. The van der Waals surface area contributed by atoms with Crippen molar-refractivity contribution in [2.24, 2.45) is 23.7 Å². The zero-order chi connectivity index (χ0) is 37.2. The van der Waals surface area contributed by atoms with Crippen molar-refractivity contribution in [3.8, 4) is 11.1 Å². The van der Waals surface area contributed by atoms with Crippen molar-refractivity contribution in [1.82, 2.24) is 0 Å². The van der Waals surface area contributed by atoms with Crippen LogP contribution in [-0.4, -0.2) is 37.4 Å². The summed E-state index contributed by atoms with van der Waals surface area (Å²) in [6.45, 7) is 17.0. The van der Waals surface area contributed by atoms with Crippen molar-refractivity contribution in [1.29, 1.82) is 0 Å². The summed E-state index contributed by atoms with van der Waals surface area (Å²) in [5, 5.41) is 9.12. The van der Waals surface area contributed by atoms with E-state index in [9.17, 15) is 9.59 Å². The van der Waals surface area contributed by atoms with Crippen molar-refractivity contribution >= 4 is 12.4 Å². The molecule has 4 rings (SSSR count). The van der Waals surface area contributed by atoms with Crippen molar-refractivity contribution in [2.75, 3.05) is 19.8 Å². The Balaban J connectivity index is 0.00000131. The average Bonchev–Trinajstić information content (AvgIpc) is 3.16. The molecule has 0 aliphatic heterocycles.